The van der Waals surface area contributed by atoms with Gasteiger partial charge >= 0.3 is 0 Å². The topological polar surface area (TPSA) is 66.0 Å². The van der Waals surface area contributed by atoms with Gasteiger partial charge in [-0.15, -0.1) is 0 Å². The van der Waals surface area contributed by atoms with Crippen molar-refractivity contribution in [3.63, 3.8) is 0 Å². The Kier molecular flexibility index (Phi) is 5.91. The smallest absolute Gasteiger partial charge is 0.251 e. The van der Waals surface area contributed by atoms with E-state index in [-0.39, 0.29) is 11.5 Å². The average molecular weight is 404 g/mol. The first kappa shape index (κ1) is 20.3. The van der Waals surface area contributed by atoms with E-state index in [1.165, 1.54) is 38.5 Å². The molecule has 0 spiro atoms. The fourth-order valence-corrected chi connectivity index (χ4v) is 6.08. The van der Waals surface area contributed by atoms with Gasteiger partial charge in [-0.2, -0.15) is 0 Å². The summed E-state index contributed by atoms with van der Waals surface area (Å²) in [5.74, 6) is 3.95. The highest BCUT2D eigenvalue weighted by Gasteiger charge is 2.51. The van der Waals surface area contributed by atoms with Crippen LogP contribution in [0.15, 0.2) is 12.1 Å². The molecule has 4 saturated carbocycles. The molecule has 0 aliphatic heterocycles. The van der Waals surface area contributed by atoms with Crippen LogP contribution >= 0.6 is 0 Å². The number of amides is 1. The Labute approximate surface area is 173 Å². The van der Waals surface area contributed by atoms with Crippen LogP contribution in [0.2, 0.25) is 0 Å². The lowest BCUT2D eigenvalue weighted by Gasteiger charge is -2.56. The van der Waals surface area contributed by atoms with E-state index in [1.807, 2.05) is 0 Å². The van der Waals surface area contributed by atoms with Crippen LogP contribution in [0.25, 0.3) is 0 Å². The number of hydrogen-bond acceptors (Lipinski definition) is 5. The fraction of sp³-hybridized carbons (Fsp3) is 0.696. The molecule has 0 heterocycles. The molecule has 4 aliphatic carbocycles. The fourth-order valence-electron chi connectivity index (χ4n) is 6.08. The lowest BCUT2D eigenvalue weighted by Crippen LogP contribution is -2.52. The third-order valence-corrected chi connectivity index (χ3v) is 6.92. The van der Waals surface area contributed by atoms with Gasteiger partial charge in [-0.3, -0.25) is 4.79 Å². The van der Waals surface area contributed by atoms with Gasteiger partial charge in [0.05, 0.1) is 26.9 Å². The maximum Gasteiger partial charge on any atom is 0.251 e. The van der Waals surface area contributed by atoms with E-state index in [0.29, 0.717) is 36.0 Å². The molecule has 160 valence electrons. The first-order chi connectivity index (χ1) is 14.1. The van der Waals surface area contributed by atoms with Crippen molar-refractivity contribution in [3.8, 4) is 17.2 Å². The van der Waals surface area contributed by atoms with Crippen LogP contribution in [-0.2, 0) is 4.74 Å². The minimum absolute atomic E-state index is 0.134. The van der Waals surface area contributed by atoms with Crippen LogP contribution < -0.4 is 19.5 Å². The van der Waals surface area contributed by atoms with E-state index in [2.05, 4.69) is 5.32 Å². The molecule has 0 saturated heterocycles. The number of nitrogens with one attached hydrogen (secondary N) is 1. The van der Waals surface area contributed by atoms with Crippen molar-refractivity contribution in [2.45, 2.75) is 50.5 Å². The SMILES string of the molecule is COc1cc(C(=O)NCCCOC23CC4CC(CC(C4)C2)C3)cc(OC)c1OC. The molecule has 4 fully saturated rings. The van der Waals surface area contributed by atoms with E-state index in [9.17, 15) is 4.79 Å². The summed E-state index contributed by atoms with van der Waals surface area (Å²) in [6, 6.07) is 3.34. The first-order valence-electron chi connectivity index (χ1n) is 10.8. The van der Waals surface area contributed by atoms with Gasteiger partial charge in [-0.05, 0) is 74.8 Å². The van der Waals surface area contributed by atoms with Gasteiger partial charge in [0.15, 0.2) is 11.5 Å². The van der Waals surface area contributed by atoms with E-state index >= 15 is 0 Å². The van der Waals surface area contributed by atoms with E-state index in [0.717, 1.165) is 24.2 Å². The number of benzene rings is 1. The summed E-state index contributed by atoms with van der Waals surface area (Å²) in [7, 11) is 4.63. The summed E-state index contributed by atoms with van der Waals surface area (Å²) in [6.07, 6.45) is 8.83. The molecule has 29 heavy (non-hydrogen) atoms. The lowest BCUT2D eigenvalue weighted by atomic mass is 9.54. The highest BCUT2D eigenvalue weighted by atomic mass is 16.5. The molecule has 5 rings (SSSR count). The third kappa shape index (κ3) is 4.18. The molecule has 0 aromatic heterocycles. The summed E-state index contributed by atoms with van der Waals surface area (Å²) in [5, 5.41) is 2.98. The molecular weight excluding hydrogens is 370 g/mol. The predicted octanol–water partition coefficient (Wildman–Crippen LogP) is 3.82. The Morgan fingerprint density at radius 3 is 2.00 bits per heavy atom. The molecule has 0 atom stereocenters. The molecule has 1 N–H and O–H groups in total. The monoisotopic (exact) mass is 403 g/mol. The Balaban J connectivity index is 1.26. The number of hydrogen-bond donors (Lipinski definition) is 1. The Hall–Kier alpha value is -1.95. The molecule has 1 aromatic carbocycles. The summed E-state index contributed by atoms with van der Waals surface area (Å²) in [4.78, 5) is 12.6. The highest BCUT2D eigenvalue weighted by Crippen LogP contribution is 2.57. The maximum absolute atomic E-state index is 12.6. The summed E-state index contributed by atoms with van der Waals surface area (Å²) in [5.41, 5.74) is 0.622. The Morgan fingerprint density at radius 2 is 1.52 bits per heavy atom. The van der Waals surface area contributed by atoms with Crippen LogP contribution in [0.3, 0.4) is 0 Å². The lowest BCUT2D eigenvalue weighted by molar-refractivity contribution is -0.162. The second kappa shape index (κ2) is 8.42. The highest BCUT2D eigenvalue weighted by molar-refractivity contribution is 5.95. The minimum Gasteiger partial charge on any atom is -0.493 e. The zero-order chi connectivity index (χ0) is 20.4. The van der Waals surface area contributed by atoms with Gasteiger partial charge in [-0.1, -0.05) is 0 Å². The zero-order valence-electron chi connectivity index (χ0n) is 17.8. The van der Waals surface area contributed by atoms with E-state index in [1.54, 1.807) is 33.5 Å². The molecular formula is C23H33NO5. The second-order valence-corrected chi connectivity index (χ2v) is 8.97. The van der Waals surface area contributed by atoms with Crippen LogP contribution in [-0.4, -0.2) is 46.0 Å². The molecule has 1 aromatic rings. The largest absolute Gasteiger partial charge is 0.493 e. The van der Waals surface area contributed by atoms with Crippen molar-refractivity contribution in [1.82, 2.24) is 5.32 Å². The van der Waals surface area contributed by atoms with Gasteiger partial charge in [0.25, 0.3) is 5.91 Å². The number of carbonyl (C=O) groups is 1. The first-order valence-corrected chi connectivity index (χ1v) is 10.8. The number of rotatable bonds is 9. The molecule has 0 radical (unpaired) electrons. The number of carbonyl (C=O) groups excluding carboxylic acids is 1. The van der Waals surface area contributed by atoms with Crippen molar-refractivity contribution < 1.29 is 23.7 Å². The predicted molar refractivity (Wildman–Crippen MR) is 110 cm³/mol. The zero-order valence-corrected chi connectivity index (χ0v) is 17.8. The normalized spacial score (nSPS) is 29.6. The van der Waals surface area contributed by atoms with Crippen LogP contribution in [0, 0.1) is 17.8 Å². The number of methoxy groups -OCH3 is 3. The third-order valence-electron chi connectivity index (χ3n) is 6.92. The van der Waals surface area contributed by atoms with E-state index < -0.39 is 0 Å². The quantitative estimate of drug-likeness (QED) is 0.635. The standard InChI is InChI=1S/C23H33NO5/c1-26-19-10-18(11-20(27-2)21(19)28-3)22(25)24-5-4-6-29-23-12-15-7-16(13-23)9-17(8-15)14-23/h10-11,15-17H,4-9,12-14H2,1-3H3,(H,24,25). The van der Waals surface area contributed by atoms with E-state index in [4.69, 9.17) is 18.9 Å². The van der Waals surface area contributed by atoms with Crippen molar-refractivity contribution in [2.24, 2.45) is 17.8 Å². The van der Waals surface area contributed by atoms with Crippen molar-refractivity contribution in [3.05, 3.63) is 17.7 Å². The van der Waals surface area contributed by atoms with Crippen LogP contribution in [0.5, 0.6) is 17.2 Å². The molecule has 4 bridgehead atoms. The van der Waals surface area contributed by atoms with Gasteiger partial charge < -0.3 is 24.3 Å². The van der Waals surface area contributed by atoms with Crippen molar-refractivity contribution in [1.29, 1.82) is 0 Å². The maximum atomic E-state index is 12.6. The molecule has 6 nitrogen and oxygen atoms in total. The molecule has 1 amide bonds. The van der Waals surface area contributed by atoms with Gasteiger partial charge in [0.1, 0.15) is 0 Å². The summed E-state index contributed by atoms with van der Waals surface area (Å²) < 4.78 is 22.4. The second-order valence-electron chi connectivity index (χ2n) is 8.97. The minimum atomic E-state index is -0.154. The molecule has 6 heteroatoms. The van der Waals surface area contributed by atoms with Crippen LogP contribution in [0.4, 0.5) is 0 Å². The average Bonchev–Trinajstić information content (AvgIpc) is 2.71. The summed E-state index contributed by atoms with van der Waals surface area (Å²) in [6.45, 7) is 1.30. The van der Waals surface area contributed by atoms with Gasteiger partial charge in [0, 0.05) is 18.7 Å². The van der Waals surface area contributed by atoms with Crippen molar-refractivity contribution in [2.75, 3.05) is 34.5 Å². The number of ether oxygens (including phenoxy) is 4. The Bertz CT molecular complexity index is 686. The summed E-state index contributed by atoms with van der Waals surface area (Å²) >= 11 is 0. The van der Waals surface area contributed by atoms with Gasteiger partial charge in [0.2, 0.25) is 5.75 Å². The van der Waals surface area contributed by atoms with Gasteiger partial charge in [-0.25, -0.2) is 0 Å². The van der Waals surface area contributed by atoms with Crippen LogP contribution in [0.1, 0.15) is 55.3 Å². The van der Waals surface area contributed by atoms with Crippen molar-refractivity contribution >= 4 is 5.91 Å². The molecule has 4 aliphatic rings. The molecule has 0 unspecified atom stereocenters. The Morgan fingerprint density at radius 1 is 0.966 bits per heavy atom.